The normalized spacial score (nSPS) is 27.7. The van der Waals surface area contributed by atoms with Crippen molar-refractivity contribution in [3.8, 4) is 12.3 Å². The Labute approximate surface area is 124 Å². The van der Waals surface area contributed by atoms with Crippen LogP contribution in [0.25, 0.3) is 0 Å². The van der Waals surface area contributed by atoms with Crippen molar-refractivity contribution < 1.29 is 4.74 Å². The Morgan fingerprint density at radius 1 is 1.50 bits per heavy atom. The third kappa shape index (κ3) is 5.18. The van der Waals surface area contributed by atoms with Crippen molar-refractivity contribution >= 4 is 27.5 Å². The Morgan fingerprint density at radius 3 is 2.78 bits per heavy atom. The Bertz CT molecular complexity index is 332. The Kier molecular flexibility index (Phi) is 7.74. The second-order valence-electron chi connectivity index (χ2n) is 4.40. The molecule has 0 fully saturated rings. The molecule has 0 aromatic carbocycles. The van der Waals surface area contributed by atoms with E-state index >= 15 is 0 Å². The molecule has 1 heterocycles. The molecule has 1 rings (SSSR count). The van der Waals surface area contributed by atoms with Crippen molar-refractivity contribution in [2.75, 3.05) is 0 Å². The molecular formula is C15H20BrClO. The maximum Gasteiger partial charge on any atom is 0.0780 e. The number of hydrogen-bond acceptors (Lipinski definition) is 1. The summed E-state index contributed by atoms with van der Waals surface area (Å²) in [5.41, 5.74) is 0. The molecule has 100 valence electrons. The number of rotatable bonds is 5. The molecular weight excluding hydrogens is 312 g/mol. The lowest BCUT2D eigenvalue weighted by Gasteiger charge is -2.27. The summed E-state index contributed by atoms with van der Waals surface area (Å²) in [6, 6.07) is 0. The molecule has 0 saturated carbocycles. The molecule has 3 heteroatoms. The maximum atomic E-state index is 6.39. The molecule has 1 aliphatic heterocycles. The molecule has 18 heavy (non-hydrogen) atoms. The number of allylic oxidation sites excluding steroid dienone is 2. The van der Waals surface area contributed by atoms with Crippen molar-refractivity contribution in [2.24, 2.45) is 0 Å². The van der Waals surface area contributed by atoms with Gasteiger partial charge in [-0.15, -0.1) is 18.0 Å². The third-order valence-corrected chi connectivity index (χ3v) is 4.72. The molecule has 0 aromatic rings. The van der Waals surface area contributed by atoms with Crippen LogP contribution >= 0.6 is 27.5 Å². The van der Waals surface area contributed by atoms with Crippen LogP contribution in [0.5, 0.6) is 0 Å². The van der Waals surface area contributed by atoms with Gasteiger partial charge in [0.25, 0.3) is 0 Å². The topological polar surface area (TPSA) is 9.23 Å². The van der Waals surface area contributed by atoms with Crippen LogP contribution in [0.15, 0.2) is 24.3 Å². The minimum atomic E-state index is -0.0311. The zero-order valence-corrected chi connectivity index (χ0v) is 13.0. The van der Waals surface area contributed by atoms with E-state index in [2.05, 4.69) is 40.9 Å². The molecule has 0 radical (unpaired) electrons. The zero-order chi connectivity index (χ0) is 13.4. The Morgan fingerprint density at radius 2 is 2.17 bits per heavy atom. The van der Waals surface area contributed by atoms with E-state index in [-0.39, 0.29) is 17.6 Å². The van der Waals surface area contributed by atoms with E-state index in [1.807, 2.05) is 6.08 Å². The van der Waals surface area contributed by atoms with Gasteiger partial charge >= 0.3 is 0 Å². The van der Waals surface area contributed by atoms with Gasteiger partial charge in [-0.1, -0.05) is 47.0 Å². The smallest absolute Gasteiger partial charge is 0.0780 e. The first-order valence-corrected chi connectivity index (χ1v) is 7.74. The Hall–Kier alpha value is -0.230. The number of hydrogen-bond donors (Lipinski definition) is 0. The largest absolute Gasteiger partial charge is 0.372 e. The molecule has 0 saturated heterocycles. The second kappa shape index (κ2) is 8.80. The fraction of sp³-hybridized carbons (Fsp3) is 0.600. The van der Waals surface area contributed by atoms with E-state index in [0.29, 0.717) is 4.83 Å². The lowest BCUT2D eigenvalue weighted by Crippen LogP contribution is -2.32. The first-order valence-electron chi connectivity index (χ1n) is 6.38. The fourth-order valence-electron chi connectivity index (χ4n) is 1.94. The first-order chi connectivity index (χ1) is 8.69. The van der Waals surface area contributed by atoms with Crippen molar-refractivity contribution in [3.63, 3.8) is 0 Å². The van der Waals surface area contributed by atoms with E-state index in [9.17, 15) is 0 Å². The molecule has 0 spiro atoms. The van der Waals surface area contributed by atoms with E-state index < -0.39 is 0 Å². The highest BCUT2D eigenvalue weighted by Gasteiger charge is 2.27. The van der Waals surface area contributed by atoms with Crippen molar-refractivity contribution in [1.82, 2.24) is 0 Å². The molecule has 1 nitrogen and oxygen atoms in total. The molecule has 0 aliphatic carbocycles. The van der Waals surface area contributed by atoms with Gasteiger partial charge in [-0.3, -0.25) is 0 Å². The quantitative estimate of drug-likeness (QED) is 0.411. The van der Waals surface area contributed by atoms with E-state index in [4.69, 9.17) is 22.8 Å². The van der Waals surface area contributed by atoms with Crippen LogP contribution in [0.2, 0.25) is 0 Å². The zero-order valence-electron chi connectivity index (χ0n) is 10.7. The summed E-state index contributed by atoms with van der Waals surface area (Å²) >= 11 is 10.1. The van der Waals surface area contributed by atoms with Crippen LogP contribution in [0.4, 0.5) is 0 Å². The van der Waals surface area contributed by atoms with Crippen molar-refractivity contribution in [3.05, 3.63) is 24.3 Å². The van der Waals surface area contributed by atoms with Crippen LogP contribution in [0.1, 0.15) is 32.6 Å². The monoisotopic (exact) mass is 330 g/mol. The average Bonchev–Trinajstić information content (AvgIpc) is 2.63. The van der Waals surface area contributed by atoms with E-state index in [0.717, 1.165) is 25.7 Å². The lowest BCUT2D eigenvalue weighted by molar-refractivity contribution is -0.00662. The maximum absolute atomic E-state index is 6.39. The highest BCUT2D eigenvalue weighted by molar-refractivity contribution is 9.09. The molecule has 0 aromatic heterocycles. The van der Waals surface area contributed by atoms with Gasteiger partial charge in [0.15, 0.2) is 0 Å². The molecule has 4 atom stereocenters. The standard InChI is InChI=1S/C15H20BrClO/c1-3-5-6-9-13(17)15-11-8-7-10-14(18-15)12(16)4-2/h1,5-8,12-15H,4,9-11H2,2H3/b6-5+/t12-,13+,14-,15+/m0/s1. The number of alkyl halides is 2. The van der Waals surface area contributed by atoms with Crippen LogP contribution in [0.3, 0.4) is 0 Å². The van der Waals surface area contributed by atoms with Crippen molar-refractivity contribution in [2.45, 2.75) is 55.0 Å². The third-order valence-electron chi connectivity index (χ3n) is 3.03. The van der Waals surface area contributed by atoms with Crippen molar-refractivity contribution in [1.29, 1.82) is 0 Å². The van der Waals surface area contributed by atoms with E-state index in [1.54, 1.807) is 6.08 Å². The summed E-state index contributed by atoms with van der Waals surface area (Å²) in [4.78, 5) is 0.382. The lowest BCUT2D eigenvalue weighted by atomic mass is 10.1. The van der Waals surface area contributed by atoms with Gasteiger partial charge in [-0.05, 0) is 31.8 Å². The molecule has 0 amide bonds. The van der Waals surface area contributed by atoms with Crippen LogP contribution in [-0.4, -0.2) is 22.4 Å². The summed E-state index contributed by atoms with van der Waals surface area (Å²) in [5.74, 6) is 2.47. The Balaban J connectivity index is 2.56. The van der Waals surface area contributed by atoms with Gasteiger partial charge in [-0.2, -0.15) is 0 Å². The summed E-state index contributed by atoms with van der Waals surface area (Å²) in [5, 5.41) is -0.0311. The van der Waals surface area contributed by atoms with Crippen LogP contribution in [0, 0.1) is 12.3 Å². The second-order valence-corrected chi connectivity index (χ2v) is 6.14. The van der Waals surface area contributed by atoms with Gasteiger partial charge in [0.2, 0.25) is 0 Å². The highest BCUT2D eigenvalue weighted by atomic mass is 79.9. The number of ether oxygens (including phenoxy) is 1. The van der Waals surface area contributed by atoms with Gasteiger partial charge in [0, 0.05) is 4.83 Å². The van der Waals surface area contributed by atoms with Crippen LogP contribution < -0.4 is 0 Å². The van der Waals surface area contributed by atoms with Gasteiger partial charge in [0.1, 0.15) is 0 Å². The van der Waals surface area contributed by atoms with E-state index in [1.165, 1.54) is 0 Å². The first kappa shape index (κ1) is 15.8. The molecule has 0 N–H and O–H groups in total. The minimum absolute atomic E-state index is 0.0311. The van der Waals surface area contributed by atoms with Crippen LogP contribution in [-0.2, 0) is 4.74 Å². The summed E-state index contributed by atoms with van der Waals surface area (Å²) < 4.78 is 6.13. The van der Waals surface area contributed by atoms with Gasteiger partial charge < -0.3 is 4.74 Å². The molecule has 0 bridgehead atoms. The summed E-state index contributed by atoms with van der Waals surface area (Å²) in [6.45, 7) is 2.15. The molecule has 1 aliphatic rings. The number of terminal acetylenes is 1. The highest BCUT2D eigenvalue weighted by Crippen LogP contribution is 2.26. The summed E-state index contributed by atoms with van der Waals surface area (Å²) in [7, 11) is 0. The summed E-state index contributed by atoms with van der Waals surface area (Å²) in [6.07, 6.45) is 17.0. The van der Waals surface area contributed by atoms with Gasteiger partial charge in [-0.25, -0.2) is 0 Å². The fourth-order valence-corrected chi connectivity index (χ4v) is 2.55. The van der Waals surface area contributed by atoms with Gasteiger partial charge in [0.05, 0.1) is 17.6 Å². The molecule has 0 unspecified atom stereocenters. The predicted molar refractivity (Wildman–Crippen MR) is 82.3 cm³/mol. The minimum Gasteiger partial charge on any atom is -0.372 e. The number of halogens is 2. The predicted octanol–water partition coefficient (Wildman–Crippen LogP) is 4.45. The average molecular weight is 332 g/mol. The SMILES string of the molecule is C#C/C=C/C[C@@H](Cl)[C@H]1CC=CC[C@@H]([C@@H](Br)CC)O1.